The summed E-state index contributed by atoms with van der Waals surface area (Å²) < 4.78 is 2.62. The maximum absolute atomic E-state index is 4.51. The van der Waals surface area contributed by atoms with Crippen molar-refractivity contribution < 1.29 is 0 Å². The van der Waals surface area contributed by atoms with E-state index in [2.05, 4.69) is 253 Å². The van der Waals surface area contributed by atoms with Crippen LogP contribution in [0.15, 0.2) is 194 Å². The monoisotopic (exact) mass is 890 g/mol. The molecule has 0 fully saturated rings. The van der Waals surface area contributed by atoms with Gasteiger partial charge in [0.15, 0.2) is 0 Å². The van der Waals surface area contributed by atoms with E-state index in [1.807, 2.05) is 0 Å². The van der Waals surface area contributed by atoms with Gasteiger partial charge in [0.25, 0.3) is 0 Å². The number of aromatic nitrogens is 1. The summed E-state index contributed by atoms with van der Waals surface area (Å²) >= 11 is 0. The molecule has 0 N–H and O–H groups in total. The summed E-state index contributed by atoms with van der Waals surface area (Å²) in [7, 11) is 0. The van der Waals surface area contributed by atoms with Crippen LogP contribution >= 0.6 is 0 Å². The number of hydrogen-bond donors (Lipinski definition) is 0. The van der Waals surface area contributed by atoms with Crippen LogP contribution in [-0.4, -0.2) is 4.57 Å². The molecule has 2 aliphatic heterocycles. The van der Waals surface area contributed by atoms with Gasteiger partial charge in [0, 0.05) is 49.5 Å². The molecule has 0 atom stereocenters. The topological polar surface area (TPSA) is 8.17 Å². The molecule has 9 aromatic rings. The largest absolute Gasteiger partial charge is 0.310 e. The Morgan fingerprint density at radius 1 is 0.420 bits per heavy atom. The number of para-hydroxylation sites is 2. The number of nitrogens with zero attached hydrogens (tertiary/aromatic N) is 2. The second-order valence-electron chi connectivity index (χ2n) is 22.3. The SMILES string of the molecule is C=C1/C=C\C=C/Cc2ccc(-c3ccc(N(c4ccc(-c5ccc6c(c5)C(C)(C)c5ccccc5-6)cc4)c4cc5c6c(c4)c4cccc7c4n6-c4c(cccc4C5(C)C)C7(C)C)cc3)cc2C1(C)C. The number of benzene rings is 8. The number of anilines is 3. The Morgan fingerprint density at radius 2 is 0.971 bits per heavy atom. The van der Waals surface area contributed by atoms with Crippen LogP contribution in [0.3, 0.4) is 0 Å². The normalized spacial score (nSPS) is 17.9. The van der Waals surface area contributed by atoms with Gasteiger partial charge in [-0.2, -0.15) is 0 Å². The molecule has 0 saturated heterocycles. The third-order valence-corrected chi connectivity index (χ3v) is 17.0. The van der Waals surface area contributed by atoms with E-state index in [4.69, 9.17) is 0 Å². The molecule has 2 nitrogen and oxygen atoms in total. The van der Waals surface area contributed by atoms with E-state index in [-0.39, 0.29) is 21.7 Å². The molecule has 0 radical (unpaired) electrons. The highest BCUT2D eigenvalue weighted by molar-refractivity contribution is 6.15. The molecule has 1 aromatic heterocycles. The number of rotatable bonds is 5. The van der Waals surface area contributed by atoms with Crippen molar-refractivity contribution in [1.29, 1.82) is 0 Å². The predicted octanol–water partition coefficient (Wildman–Crippen LogP) is 17.7. The van der Waals surface area contributed by atoms with Crippen molar-refractivity contribution in [3.63, 3.8) is 0 Å². The van der Waals surface area contributed by atoms with E-state index in [9.17, 15) is 0 Å². The number of allylic oxidation sites excluding steroid dienone is 5. The zero-order chi connectivity index (χ0) is 47.4. The Bertz CT molecular complexity index is 3750. The van der Waals surface area contributed by atoms with Crippen LogP contribution in [0.25, 0.3) is 60.9 Å². The molecule has 2 aliphatic carbocycles. The van der Waals surface area contributed by atoms with Crippen LogP contribution in [0.1, 0.15) is 99.9 Å². The van der Waals surface area contributed by atoms with Crippen LogP contribution in [-0.2, 0) is 28.1 Å². The van der Waals surface area contributed by atoms with Crippen molar-refractivity contribution in [2.45, 2.75) is 83.5 Å². The smallest absolute Gasteiger partial charge is 0.0583 e. The molecule has 8 aromatic carbocycles. The van der Waals surface area contributed by atoms with Gasteiger partial charge in [-0.3, -0.25) is 0 Å². The van der Waals surface area contributed by atoms with Crippen LogP contribution in [0, 0.1) is 0 Å². The quantitative estimate of drug-likeness (QED) is 0.167. The third-order valence-electron chi connectivity index (χ3n) is 17.0. The molecule has 0 bridgehead atoms. The minimum absolute atomic E-state index is 0.0601. The van der Waals surface area contributed by atoms with Gasteiger partial charge in [0.05, 0.1) is 16.7 Å². The summed E-state index contributed by atoms with van der Waals surface area (Å²) in [6, 6.07) is 60.5. The van der Waals surface area contributed by atoms with E-state index in [1.165, 1.54) is 105 Å². The molecular formula is C67H58N2. The first-order chi connectivity index (χ1) is 33.2. The first-order valence-corrected chi connectivity index (χ1v) is 24.8. The molecule has 0 amide bonds. The molecule has 69 heavy (non-hydrogen) atoms. The fraction of sp³-hybridized carbons (Fsp3) is 0.194. The van der Waals surface area contributed by atoms with E-state index < -0.39 is 0 Å². The lowest BCUT2D eigenvalue weighted by atomic mass is 9.68. The standard InChI is InChI=1S/C67H58N2/c1-41-17-11-10-12-18-44-25-26-45(37-58(44)64(41,2)3)42-27-32-47(33-28-42)68(48-34-29-43(30-35-48)46-31-36-51-50-19-13-14-21-54(50)65(4,5)59(51)38-46)49-39-53-52-20-15-22-55-61(52)69-62(53)60(40-49)67(8,9)57-24-16-23-56(63(57)69)66(55,6)7/h10-17,19-40H,1,18H2,2-9H3/b12-10-,17-11-. The van der Waals surface area contributed by atoms with Crippen molar-refractivity contribution in [3.8, 4) is 39.1 Å². The third kappa shape index (κ3) is 5.78. The average molecular weight is 891 g/mol. The summed E-state index contributed by atoms with van der Waals surface area (Å²) in [5.74, 6) is 0. The van der Waals surface area contributed by atoms with Gasteiger partial charge < -0.3 is 9.47 Å². The summed E-state index contributed by atoms with van der Waals surface area (Å²) in [4.78, 5) is 2.49. The van der Waals surface area contributed by atoms with Crippen molar-refractivity contribution in [3.05, 3.63) is 239 Å². The van der Waals surface area contributed by atoms with Crippen LogP contribution < -0.4 is 4.90 Å². The lowest BCUT2D eigenvalue weighted by Gasteiger charge is -2.42. The Balaban J connectivity index is 0.979. The summed E-state index contributed by atoms with van der Waals surface area (Å²) in [6.45, 7) is 23.5. The van der Waals surface area contributed by atoms with Gasteiger partial charge in [-0.25, -0.2) is 0 Å². The van der Waals surface area contributed by atoms with E-state index >= 15 is 0 Å². The Kier molecular flexibility index (Phi) is 8.66. The van der Waals surface area contributed by atoms with E-state index in [0.29, 0.717) is 0 Å². The Morgan fingerprint density at radius 3 is 1.68 bits per heavy atom. The molecule has 3 heterocycles. The minimum atomic E-state index is -0.244. The highest BCUT2D eigenvalue weighted by Crippen LogP contribution is 2.57. The molecule has 13 rings (SSSR count). The Labute approximate surface area is 407 Å². The van der Waals surface area contributed by atoms with Crippen LogP contribution in [0.4, 0.5) is 17.1 Å². The van der Waals surface area contributed by atoms with Crippen molar-refractivity contribution in [2.24, 2.45) is 0 Å². The summed E-state index contributed by atoms with van der Waals surface area (Å²) in [5, 5.41) is 2.62. The van der Waals surface area contributed by atoms with Gasteiger partial charge >= 0.3 is 0 Å². The molecule has 0 spiro atoms. The van der Waals surface area contributed by atoms with Crippen molar-refractivity contribution >= 4 is 38.9 Å². The number of hydrogen-bond acceptors (Lipinski definition) is 1. The van der Waals surface area contributed by atoms with Crippen molar-refractivity contribution in [2.75, 3.05) is 4.90 Å². The maximum Gasteiger partial charge on any atom is 0.0583 e. The Hall–Kier alpha value is -7.42. The second-order valence-corrected chi connectivity index (χ2v) is 22.3. The van der Waals surface area contributed by atoms with Gasteiger partial charge in [-0.1, -0.05) is 195 Å². The zero-order valence-corrected chi connectivity index (χ0v) is 41.1. The second kappa shape index (κ2) is 14.3. The predicted molar refractivity (Wildman–Crippen MR) is 292 cm³/mol. The first kappa shape index (κ1) is 41.7. The highest BCUT2D eigenvalue weighted by Gasteiger charge is 2.44. The average Bonchev–Trinajstić information content (AvgIpc) is 3.82. The molecule has 4 aliphatic rings. The summed E-state index contributed by atoms with van der Waals surface area (Å²) in [6.07, 6.45) is 9.57. The molecule has 0 saturated carbocycles. The van der Waals surface area contributed by atoms with Gasteiger partial charge in [-0.15, -0.1) is 0 Å². The van der Waals surface area contributed by atoms with Crippen LogP contribution in [0.5, 0.6) is 0 Å². The molecular weight excluding hydrogens is 833 g/mol. The highest BCUT2D eigenvalue weighted by atomic mass is 15.1. The number of fused-ring (bicyclic) bond motifs is 5. The maximum atomic E-state index is 4.51. The van der Waals surface area contributed by atoms with Gasteiger partial charge in [0.1, 0.15) is 0 Å². The van der Waals surface area contributed by atoms with Gasteiger partial charge in [0.2, 0.25) is 0 Å². The lowest BCUT2D eigenvalue weighted by molar-refractivity contribution is 0.593. The molecule has 0 unspecified atom stereocenters. The van der Waals surface area contributed by atoms with E-state index in [1.54, 1.807) is 0 Å². The first-order valence-electron chi connectivity index (χ1n) is 24.8. The van der Waals surface area contributed by atoms with E-state index in [0.717, 1.165) is 29.1 Å². The minimum Gasteiger partial charge on any atom is -0.310 e. The zero-order valence-electron chi connectivity index (χ0n) is 41.1. The fourth-order valence-electron chi connectivity index (χ4n) is 12.9. The van der Waals surface area contributed by atoms with Crippen molar-refractivity contribution in [1.82, 2.24) is 4.57 Å². The van der Waals surface area contributed by atoms with Gasteiger partial charge in [-0.05, 0) is 138 Å². The lowest BCUT2D eigenvalue weighted by Crippen LogP contribution is -2.33. The molecule has 2 heteroatoms. The summed E-state index contributed by atoms with van der Waals surface area (Å²) in [5.41, 5.74) is 26.5. The molecule has 336 valence electrons. The fourth-order valence-corrected chi connectivity index (χ4v) is 12.9. The van der Waals surface area contributed by atoms with Crippen LogP contribution in [0.2, 0.25) is 0 Å².